The molecule has 1 heterocycles. The summed E-state index contributed by atoms with van der Waals surface area (Å²) in [6, 6.07) is 0. The SMILES string of the molecule is CCCCCCCN1C(=O)CCCC1(C)/C=C/C(=O)CCCCC. The van der Waals surface area contributed by atoms with Crippen LogP contribution < -0.4 is 0 Å². The van der Waals surface area contributed by atoms with Crippen molar-refractivity contribution in [3.63, 3.8) is 0 Å². The van der Waals surface area contributed by atoms with Crippen LogP contribution >= 0.6 is 0 Å². The lowest BCUT2D eigenvalue weighted by molar-refractivity contribution is -0.139. The third-order valence-electron chi connectivity index (χ3n) is 5.13. The summed E-state index contributed by atoms with van der Waals surface area (Å²) in [5, 5.41) is 0. The maximum atomic E-state index is 12.4. The van der Waals surface area contributed by atoms with Crippen LogP contribution in [-0.2, 0) is 9.59 Å². The Kier molecular flexibility index (Phi) is 9.97. The van der Waals surface area contributed by atoms with Gasteiger partial charge < -0.3 is 4.90 Å². The molecule has 1 unspecified atom stereocenters. The van der Waals surface area contributed by atoms with Crippen molar-refractivity contribution in [1.82, 2.24) is 4.90 Å². The van der Waals surface area contributed by atoms with E-state index in [0.29, 0.717) is 12.8 Å². The van der Waals surface area contributed by atoms with E-state index in [0.717, 1.165) is 45.1 Å². The first-order valence-corrected chi connectivity index (χ1v) is 10.1. The second-order valence-electron chi connectivity index (χ2n) is 7.43. The van der Waals surface area contributed by atoms with Crippen LogP contribution in [0.5, 0.6) is 0 Å². The zero-order valence-electron chi connectivity index (χ0n) is 16.1. The van der Waals surface area contributed by atoms with Gasteiger partial charge in [0, 0.05) is 19.4 Å². The fourth-order valence-electron chi connectivity index (χ4n) is 3.48. The van der Waals surface area contributed by atoms with E-state index in [1.165, 1.54) is 25.7 Å². The molecule has 0 saturated carbocycles. The summed E-state index contributed by atoms with van der Waals surface area (Å²) in [5.74, 6) is 0.452. The number of hydrogen-bond donors (Lipinski definition) is 0. The van der Waals surface area contributed by atoms with Gasteiger partial charge >= 0.3 is 0 Å². The molecule has 0 aromatic heterocycles. The highest BCUT2D eigenvalue weighted by Gasteiger charge is 2.35. The molecule has 0 aromatic rings. The van der Waals surface area contributed by atoms with Gasteiger partial charge in [0.05, 0.1) is 5.54 Å². The molecule has 1 saturated heterocycles. The highest BCUT2D eigenvalue weighted by Crippen LogP contribution is 2.30. The second kappa shape index (κ2) is 11.4. The van der Waals surface area contributed by atoms with E-state index < -0.39 is 0 Å². The first-order valence-electron chi connectivity index (χ1n) is 10.1. The van der Waals surface area contributed by atoms with Crippen molar-refractivity contribution in [3.8, 4) is 0 Å². The Morgan fingerprint density at radius 3 is 2.46 bits per heavy atom. The van der Waals surface area contributed by atoms with Crippen molar-refractivity contribution < 1.29 is 9.59 Å². The van der Waals surface area contributed by atoms with Gasteiger partial charge in [0.15, 0.2) is 5.78 Å². The zero-order valence-corrected chi connectivity index (χ0v) is 16.1. The Morgan fingerprint density at radius 2 is 1.75 bits per heavy atom. The van der Waals surface area contributed by atoms with E-state index >= 15 is 0 Å². The van der Waals surface area contributed by atoms with Crippen molar-refractivity contribution in [1.29, 1.82) is 0 Å². The number of ketones is 1. The highest BCUT2D eigenvalue weighted by molar-refractivity contribution is 5.90. The van der Waals surface area contributed by atoms with Crippen molar-refractivity contribution in [2.45, 2.75) is 103 Å². The standard InChI is InChI=1S/C21H37NO2/c1-4-6-8-9-11-18-22-20(24)14-12-16-21(22,3)17-15-19(23)13-10-7-5-2/h15,17H,4-14,16,18H2,1-3H3/b17-15+. The quantitative estimate of drug-likeness (QED) is 0.352. The summed E-state index contributed by atoms with van der Waals surface area (Å²) in [4.78, 5) is 26.5. The molecule has 0 radical (unpaired) electrons. The van der Waals surface area contributed by atoms with E-state index in [1.807, 2.05) is 11.0 Å². The van der Waals surface area contributed by atoms with Crippen LogP contribution in [0.4, 0.5) is 0 Å². The average Bonchev–Trinajstić information content (AvgIpc) is 2.55. The number of nitrogens with zero attached hydrogens (tertiary/aromatic N) is 1. The number of unbranched alkanes of at least 4 members (excludes halogenated alkanes) is 6. The second-order valence-corrected chi connectivity index (χ2v) is 7.43. The first kappa shape index (κ1) is 20.9. The third kappa shape index (κ3) is 7.19. The van der Waals surface area contributed by atoms with Crippen LogP contribution in [0.2, 0.25) is 0 Å². The molecule has 0 spiro atoms. The van der Waals surface area contributed by atoms with Gasteiger partial charge in [-0.1, -0.05) is 58.4 Å². The van der Waals surface area contributed by atoms with E-state index in [9.17, 15) is 9.59 Å². The van der Waals surface area contributed by atoms with Gasteiger partial charge in [0.1, 0.15) is 0 Å². The molecule has 0 aromatic carbocycles. The predicted molar refractivity (Wildman–Crippen MR) is 101 cm³/mol. The Bertz CT molecular complexity index is 416. The van der Waals surface area contributed by atoms with Gasteiger partial charge in [-0.2, -0.15) is 0 Å². The van der Waals surface area contributed by atoms with E-state index in [1.54, 1.807) is 6.08 Å². The summed E-state index contributed by atoms with van der Waals surface area (Å²) in [6.45, 7) is 7.31. The fraction of sp³-hybridized carbons (Fsp3) is 0.810. The lowest BCUT2D eigenvalue weighted by Crippen LogP contribution is -2.51. The van der Waals surface area contributed by atoms with Crippen LogP contribution in [0, 0.1) is 0 Å². The average molecular weight is 336 g/mol. The Morgan fingerprint density at radius 1 is 1.08 bits per heavy atom. The van der Waals surface area contributed by atoms with Crippen molar-refractivity contribution in [3.05, 3.63) is 12.2 Å². The maximum absolute atomic E-state index is 12.4. The third-order valence-corrected chi connectivity index (χ3v) is 5.13. The van der Waals surface area contributed by atoms with Crippen LogP contribution in [0.15, 0.2) is 12.2 Å². The number of carbonyl (C=O) groups excluding carboxylic acids is 2. The normalized spacial score (nSPS) is 21.6. The number of hydrogen-bond acceptors (Lipinski definition) is 2. The van der Waals surface area contributed by atoms with E-state index in [4.69, 9.17) is 0 Å². The highest BCUT2D eigenvalue weighted by atomic mass is 16.2. The number of rotatable bonds is 12. The molecule has 3 nitrogen and oxygen atoms in total. The van der Waals surface area contributed by atoms with Crippen LogP contribution in [-0.4, -0.2) is 28.7 Å². The Labute approximate surface area is 148 Å². The predicted octanol–water partition coefficient (Wildman–Crippen LogP) is 5.43. The van der Waals surface area contributed by atoms with Gasteiger partial charge in [-0.15, -0.1) is 0 Å². The molecule has 1 rings (SSSR count). The molecular formula is C21H37NO2. The fourth-order valence-corrected chi connectivity index (χ4v) is 3.48. The summed E-state index contributed by atoms with van der Waals surface area (Å²) in [7, 11) is 0. The molecule has 1 amide bonds. The van der Waals surface area contributed by atoms with Crippen molar-refractivity contribution >= 4 is 11.7 Å². The molecule has 138 valence electrons. The van der Waals surface area contributed by atoms with Crippen LogP contribution in [0.25, 0.3) is 0 Å². The molecule has 1 fully saturated rings. The first-order chi connectivity index (χ1) is 11.5. The Hall–Kier alpha value is -1.12. The molecule has 1 aliphatic rings. The summed E-state index contributed by atoms with van der Waals surface area (Å²) < 4.78 is 0. The number of piperidine rings is 1. The van der Waals surface area contributed by atoms with Crippen LogP contribution in [0.1, 0.15) is 97.8 Å². The minimum absolute atomic E-state index is 0.200. The lowest BCUT2D eigenvalue weighted by Gasteiger charge is -2.43. The Balaban J connectivity index is 2.57. The lowest BCUT2D eigenvalue weighted by atomic mass is 9.86. The molecule has 0 N–H and O–H groups in total. The molecule has 0 aliphatic carbocycles. The summed E-state index contributed by atoms with van der Waals surface area (Å²) in [5.41, 5.74) is -0.277. The van der Waals surface area contributed by atoms with E-state index in [-0.39, 0.29) is 17.2 Å². The minimum Gasteiger partial charge on any atom is -0.334 e. The van der Waals surface area contributed by atoms with Crippen molar-refractivity contribution in [2.24, 2.45) is 0 Å². The van der Waals surface area contributed by atoms with E-state index in [2.05, 4.69) is 20.8 Å². The molecule has 3 heteroatoms. The maximum Gasteiger partial charge on any atom is 0.223 e. The molecule has 24 heavy (non-hydrogen) atoms. The zero-order chi connectivity index (χ0) is 17.8. The smallest absolute Gasteiger partial charge is 0.223 e. The molecule has 1 atom stereocenters. The summed E-state index contributed by atoms with van der Waals surface area (Å²) >= 11 is 0. The number of allylic oxidation sites excluding steroid dienone is 1. The van der Waals surface area contributed by atoms with Gasteiger partial charge in [-0.3, -0.25) is 9.59 Å². The van der Waals surface area contributed by atoms with Gasteiger partial charge in [-0.05, 0) is 38.7 Å². The monoisotopic (exact) mass is 335 g/mol. The number of carbonyl (C=O) groups is 2. The number of amides is 1. The topological polar surface area (TPSA) is 37.4 Å². The molecule has 0 bridgehead atoms. The summed E-state index contributed by atoms with van der Waals surface area (Å²) in [6.07, 6.45) is 16.2. The molecular weight excluding hydrogens is 298 g/mol. The van der Waals surface area contributed by atoms with Crippen LogP contribution in [0.3, 0.4) is 0 Å². The molecule has 1 aliphatic heterocycles. The number of likely N-dealkylation sites (tertiary alicyclic amines) is 1. The largest absolute Gasteiger partial charge is 0.334 e. The van der Waals surface area contributed by atoms with Gasteiger partial charge in [0.25, 0.3) is 0 Å². The van der Waals surface area contributed by atoms with Gasteiger partial charge in [-0.25, -0.2) is 0 Å². The van der Waals surface area contributed by atoms with Gasteiger partial charge in [0.2, 0.25) is 5.91 Å². The minimum atomic E-state index is -0.277. The van der Waals surface area contributed by atoms with Crippen molar-refractivity contribution in [2.75, 3.05) is 6.54 Å².